The van der Waals surface area contributed by atoms with Gasteiger partial charge in [-0.05, 0) is 49.2 Å². The summed E-state index contributed by atoms with van der Waals surface area (Å²) in [5, 5.41) is 3.44. The van der Waals surface area contributed by atoms with E-state index in [1.54, 1.807) is 0 Å². The van der Waals surface area contributed by atoms with E-state index in [-0.39, 0.29) is 59.8 Å². The molecule has 7 nitrogen and oxygen atoms in total. The molecule has 12 heteroatoms. The zero-order chi connectivity index (χ0) is 27.7. The zero-order valence-electron chi connectivity index (χ0n) is 21.3. The van der Waals surface area contributed by atoms with Gasteiger partial charge in [0, 0.05) is 41.1 Å². The quantitative estimate of drug-likeness (QED) is 0.447. The maximum Gasteiger partial charge on any atom is 0.179 e. The second-order valence-corrected chi connectivity index (χ2v) is 15.0. The van der Waals surface area contributed by atoms with Gasteiger partial charge in [0.1, 0.15) is 5.82 Å². The molecule has 2 heterocycles. The van der Waals surface area contributed by atoms with E-state index in [9.17, 15) is 21.2 Å². The topological polar surface area (TPSA) is 98.8 Å². The molecule has 1 fully saturated rings. The van der Waals surface area contributed by atoms with Crippen LogP contribution in [-0.4, -0.2) is 66.0 Å². The monoisotopic (exact) mass is 591 g/mol. The fourth-order valence-corrected chi connectivity index (χ4v) is 8.69. The highest BCUT2D eigenvalue weighted by Crippen LogP contribution is 2.52. The van der Waals surface area contributed by atoms with E-state index in [4.69, 9.17) is 21.1 Å². The Balaban J connectivity index is 1.69. The van der Waals surface area contributed by atoms with Crippen molar-refractivity contribution in [2.75, 3.05) is 37.0 Å². The van der Waals surface area contributed by atoms with Gasteiger partial charge < -0.3 is 14.8 Å². The van der Waals surface area contributed by atoms with Crippen LogP contribution in [0.3, 0.4) is 0 Å². The largest absolute Gasteiger partial charge is 0.490 e. The van der Waals surface area contributed by atoms with Crippen molar-refractivity contribution in [3.63, 3.8) is 0 Å². The van der Waals surface area contributed by atoms with Crippen LogP contribution in [0.5, 0.6) is 5.75 Å². The number of rotatable bonds is 10. The first kappa shape index (κ1) is 29.2. The van der Waals surface area contributed by atoms with Crippen LogP contribution in [0.25, 0.3) is 0 Å². The number of benzene rings is 2. The smallest absolute Gasteiger partial charge is 0.179 e. The van der Waals surface area contributed by atoms with Crippen molar-refractivity contribution in [1.29, 1.82) is 0 Å². The van der Waals surface area contributed by atoms with E-state index in [1.807, 2.05) is 13.8 Å². The van der Waals surface area contributed by atoms with Gasteiger partial charge in [-0.2, -0.15) is 0 Å². The Hall–Kier alpha value is -1.79. The lowest BCUT2D eigenvalue weighted by atomic mass is 9.64. The van der Waals surface area contributed by atoms with Gasteiger partial charge in [-0.15, -0.1) is 0 Å². The molecule has 0 aromatic heterocycles. The summed E-state index contributed by atoms with van der Waals surface area (Å²) in [7, 11) is -7.44. The molecule has 2 aromatic rings. The molecule has 1 N–H and O–H groups in total. The van der Waals surface area contributed by atoms with Gasteiger partial charge in [0.25, 0.3) is 0 Å². The van der Waals surface area contributed by atoms with Crippen molar-refractivity contribution in [2.45, 2.75) is 49.1 Å². The van der Waals surface area contributed by atoms with Gasteiger partial charge in [-0.25, -0.2) is 25.6 Å². The molecule has 210 valence electrons. The molecule has 2 aliphatic heterocycles. The third-order valence-corrected chi connectivity index (χ3v) is 11.1. The van der Waals surface area contributed by atoms with Crippen LogP contribution in [0.4, 0.5) is 8.78 Å². The molecule has 0 aliphatic carbocycles. The van der Waals surface area contributed by atoms with E-state index in [0.717, 1.165) is 12.1 Å². The highest BCUT2D eigenvalue weighted by atomic mass is 35.5. The van der Waals surface area contributed by atoms with E-state index in [0.29, 0.717) is 11.6 Å². The Kier molecular flexibility index (Phi) is 8.73. The maximum absolute atomic E-state index is 15.4. The SMILES string of the molecule is CC(C)NCCS(=O)(=O)CC[C@@H]1OCC[C@@]2(CS(=O)(=O)c3ccc(Cl)cc3)c3c(F)ccc(F)c3OC[C@@H]12. The summed E-state index contributed by atoms with van der Waals surface area (Å²) in [5.41, 5.74) is -1.52. The van der Waals surface area contributed by atoms with Crippen LogP contribution in [0.15, 0.2) is 41.3 Å². The second kappa shape index (κ2) is 11.4. The van der Waals surface area contributed by atoms with Crippen molar-refractivity contribution in [3.05, 3.63) is 58.6 Å². The summed E-state index contributed by atoms with van der Waals surface area (Å²) in [6.07, 6.45) is -0.552. The summed E-state index contributed by atoms with van der Waals surface area (Å²) in [6, 6.07) is 7.71. The minimum absolute atomic E-state index is 0.00292. The third-order valence-electron chi connectivity index (χ3n) is 7.30. The predicted molar refractivity (Wildman–Crippen MR) is 141 cm³/mol. The van der Waals surface area contributed by atoms with Gasteiger partial charge in [-0.3, -0.25) is 0 Å². The molecule has 38 heavy (non-hydrogen) atoms. The molecule has 2 aliphatic rings. The second-order valence-electron chi connectivity index (χ2n) is 10.2. The molecule has 4 rings (SSSR count). The first-order valence-electron chi connectivity index (χ1n) is 12.5. The van der Waals surface area contributed by atoms with Crippen LogP contribution in [0.2, 0.25) is 5.02 Å². The summed E-state index contributed by atoms with van der Waals surface area (Å²) in [4.78, 5) is 0.00292. The lowest BCUT2D eigenvalue weighted by Crippen LogP contribution is -2.57. The molecule has 3 atom stereocenters. The highest BCUT2D eigenvalue weighted by Gasteiger charge is 2.55. The Morgan fingerprint density at radius 1 is 1.05 bits per heavy atom. The lowest BCUT2D eigenvalue weighted by Gasteiger charge is -2.51. The predicted octanol–water partition coefficient (Wildman–Crippen LogP) is 3.93. The van der Waals surface area contributed by atoms with Crippen LogP contribution in [0.1, 0.15) is 32.3 Å². The van der Waals surface area contributed by atoms with Crippen molar-refractivity contribution < 1.29 is 35.1 Å². The van der Waals surface area contributed by atoms with Crippen LogP contribution in [0, 0.1) is 17.6 Å². The fraction of sp³-hybridized carbons (Fsp3) is 0.538. The summed E-state index contributed by atoms with van der Waals surface area (Å²) in [5.74, 6) is -3.35. The number of hydrogen-bond donors (Lipinski definition) is 1. The maximum atomic E-state index is 15.4. The lowest BCUT2D eigenvalue weighted by molar-refractivity contribution is -0.0899. The number of nitrogens with one attached hydrogen (secondary N) is 1. The summed E-state index contributed by atoms with van der Waals surface area (Å²) >= 11 is 5.93. The minimum Gasteiger partial charge on any atom is -0.490 e. The average Bonchev–Trinajstić information content (AvgIpc) is 2.84. The molecule has 0 saturated carbocycles. The number of hydrogen-bond acceptors (Lipinski definition) is 7. The van der Waals surface area contributed by atoms with Crippen molar-refractivity contribution in [1.82, 2.24) is 5.32 Å². The van der Waals surface area contributed by atoms with Gasteiger partial charge in [0.15, 0.2) is 31.2 Å². The van der Waals surface area contributed by atoms with Gasteiger partial charge in [0.2, 0.25) is 0 Å². The van der Waals surface area contributed by atoms with E-state index in [1.165, 1.54) is 24.3 Å². The van der Waals surface area contributed by atoms with Crippen LogP contribution < -0.4 is 10.1 Å². The Morgan fingerprint density at radius 3 is 2.42 bits per heavy atom. The summed E-state index contributed by atoms with van der Waals surface area (Å²) < 4.78 is 94.4. The van der Waals surface area contributed by atoms with Gasteiger partial charge in [-0.1, -0.05) is 25.4 Å². The molecular weight excluding hydrogens is 560 g/mol. The Labute approximate surface area is 227 Å². The van der Waals surface area contributed by atoms with E-state index >= 15 is 4.39 Å². The average molecular weight is 592 g/mol. The van der Waals surface area contributed by atoms with E-state index in [2.05, 4.69) is 5.32 Å². The normalized spacial score (nSPS) is 23.5. The standard InChI is InChI=1S/C26H32ClF2NO6S2/c1-17(2)30-11-14-37(31,32)13-9-23-20-15-36-25-22(29)8-7-21(28)24(25)26(20,10-12-35-23)16-38(33,34)19-5-3-18(27)4-6-19/h3-8,17,20,23,30H,9-16H2,1-2H3/t20-,23-,26-/m0/s1. The molecule has 2 aromatic carbocycles. The molecule has 0 bridgehead atoms. The zero-order valence-corrected chi connectivity index (χ0v) is 23.6. The number of fused-ring (bicyclic) bond motifs is 3. The van der Waals surface area contributed by atoms with Gasteiger partial charge >= 0.3 is 0 Å². The Bertz CT molecular complexity index is 1370. The van der Waals surface area contributed by atoms with Crippen LogP contribution in [-0.2, 0) is 29.8 Å². The van der Waals surface area contributed by atoms with Crippen LogP contribution >= 0.6 is 11.6 Å². The number of sulfone groups is 2. The first-order valence-corrected chi connectivity index (χ1v) is 16.3. The van der Waals surface area contributed by atoms with Gasteiger partial charge in [0.05, 0.1) is 34.9 Å². The van der Waals surface area contributed by atoms with E-state index < -0.39 is 54.5 Å². The summed E-state index contributed by atoms with van der Waals surface area (Å²) in [6.45, 7) is 4.07. The molecule has 0 radical (unpaired) electrons. The highest BCUT2D eigenvalue weighted by molar-refractivity contribution is 7.91. The molecule has 0 spiro atoms. The minimum atomic E-state index is -4.00. The van der Waals surface area contributed by atoms with Crippen molar-refractivity contribution >= 4 is 31.3 Å². The number of halogens is 3. The van der Waals surface area contributed by atoms with Crippen molar-refractivity contribution in [2.24, 2.45) is 5.92 Å². The Morgan fingerprint density at radius 2 is 1.74 bits per heavy atom. The fourth-order valence-electron chi connectivity index (χ4n) is 5.44. The van der Waals surface area contributed by atoms with Crippen molar-refractivity contribution in [3.8, 4) is 5.75 Å². The molecule has 0 unspecified atom stereocenters. The first-order chi connectivity index (χ1) is 17.8. The third kappa shape index (κ3) is 6.17. The number of ether oxygens (including phenoxy) is 2. The molecular formula is C26H32ClF2NO6S2. The molecule has 1 saturated heterocycles. The molecule has 0 amide bonds.